The molecule has 3 nitrogen and oxygen atoms in total. The van der Waals surface area contributed by atoms with Crippen LogP contribution < -0.4 is 9.64 Å². The highest BCUT2D eigenvalue weighted by atomic mass is 127. The van der Waals surface area contributed by atoms with Crippen molar-refractivity contribution in [2.75, 3.05) is 19.0 Å². The van der Waals surface area contributed by atoms with Crippen LogP contribution in [-0.4, -0.2) is 25.2 Å². The molecule has 0 saturated heterocycles. The lowest BCUT2D eigenvalue weighted by molar-refractivity contribution is 0.301. The molecule has 1 aromatic rings. The lowest BCUT2D eigenvalue weighted by Crippen LogP contribution is -2.11. The molecule has 0 atom stereocenters. The second-order valence-electron chi connectivity index (χ2n) is 3.68. The summed E-state index contributed by atoms with van der Waals surface area (Å²) in [5.74, 6) is 1.91. The maximum atomic E-state index is 5.77. The van der Waals surface area contributed by atoms with Crippen LogP contribution in [0, 0.1) is 3.57 Å². The first-order valence-corrected chi connectivity index (χ1v) is 5.74. The van der Waals surface area contributed by atoms with E-state index in [-0.39, 0.29) is 0 Å². The minimum Gasteiger partial charge on any atom is -0.489 e. The van der Waals surface area contributed by atoms with Crippen LogP contribution in [0.1, 0.15) is 12.8 Å². The summed E-state index contributed by atoms with van der Waals surface area (Å²) in [6.45, 7) is 0. The van der Waals surface area contributed by atoms with E-state index in [1.165, 1.54) is 12.8 Å². The fraction of sp³-hybridized carbons (Fsp3) is 0.500. The number of rotatable bonds is 3. The van der Waals surface area contributed by atoms with Crippen molar-refractivity contribution in [2.24, 2.45) is 0 Å². The second-order valence-corrected chi connectivity index (χ2v) is 4.85. The first-order chi connectivity index (χ1) is 6.66. The largest absolute Gasteiger partial charge is 0.489 e. The molecule has 0 aromatic carbocycles. The van der Waals surface area contributed by atoms with Crippen molar-refractivity contribution >= 4 is 28.4 Å². The van der Waals surface area contributed by atoms with Gasteiger partial charge in [-0.3, -0.25) is 0 Å². The van der Waals surface area contributed by atoms with Crippen LogP contribution in [0.25, 0.3) is 0 Å². The monoisotopic (exact) mass is 304 g/mol. The summed E-state index contributed by atoms with van der Waals surface area (Å²) in [7, 11) is 3.96. The zero-order valence-corrected chi connectivity index (χ0v) is 10.5. The van der Waals surface area contributed by atoms with Gasteiger partial charge >= 0.3 is 0 Å². The van der Waals surface area contributed by atoms with E-state index in [0.29, 0.717) is 6.10 Å². The Morgan fingerprint density at radius 2 is 2.21 bits per heavy atom. The van der Waals surface area contributed by atoms with Crippen molar-refractivity contribution in [1.29, 1.82) is 0 Å². The summed E-state index contributed by atoms with van der Waals surface area (Å²) >= 11 is 2.26. The van der Waals surface area contributed by atoms with E-state index in [1.807, 2.05) is 31.3 Å². The highest BCUT2D eigenvalue weighted by Crippen LogP contribution is 2.31. The molecule has 1 heterocycles. The van der Waals surface area contributed by atoms with Gasteiger partial charge in [0.25, 0.3) is 0 Å². The van der Waals surface area contributed by atoms with Gasteiger partial charge in [-0.1, -0.05) is 0 Å². The van der Waals surface area contributed by atoms with Crippen molar-refractivity contribution in [3.63, 3.8) is 0 Å². The molecule has 14 heavy (non-hydrogen) atoms. The fourth-order valence-electron chi connectivity index (χ4n) is 1.11. The maximum Gasteiger partial charge on any atom is 0.138 e. The molecule has 1 aromatic heterocycles. The van der Waals surface area contributed by atoms with E-state index < -0.39 is 0 Å². The van der Waals surface area contributed by atoms with Crippen molar-refractivity contribution in [3.8, 4) is 5.75 Å². The van der Waals surface area contributed by atoms with Gasteiger partial charge < -0.3 is 9.64 Å². The summed E-state index contributed by atoms with van der Waals surface area (Å²) in [4.78, 5) is 6.29. The SMILES string of the molecule is CN(C)c1cc(OC2CC2)c(I)cn1. The van der Waals surface area contributed by atoms with Gasteiger partial charge in [-0.25, -0.2) is 4.98 Å². The molecule has 0 unspecified atom stereocenters. The average molecular weight is 304 g/mol. The first kappa shape index (κ1) is 10.0. The van der Waals surface area contributed by atoms with Crippen LogP contribution in [-0.2, 0) is 0 Å². The smallest absolute Gasteiger partial charge is 0.138 e. The number of pyridine rings is 1. The number of aromatic nitrogens is 1. The zero-order valence-electron chi connectivity index (χ0n) is 8.33. The molecular weight excluding hydrogens is 291 g/mol. The minimum absolute atomic E-state index is 0.445. The van der Waals surface area contributed by atoms with Gasteiger partial charge in [-0.05, 0) is 35.4 Å². The van der Waals surface area contributed by atoms with Crippen LogP contribution in [0.2, 0.25) is 0 Å². The number of ether oxygens (including phenoxy) is 1. The van der Waals surface area contributed by atoms with E-state index in [4.69, 9.17) is 4.74 Å². The third-order valence-electron chi connectivity index (χ3n) is 2.08. The van der Waals surface area contributed by atoms with Crippen LogP contribution in [0.5, 0.6) is 5.75 Å². The average Bonchev–Trinajstić information content (AvgIpc) is 2.92. The molecule has 1 aliphatic rings. The molecule has 0 amide bonds. The Morgan fingerprint density at radius 3 is 2.79 bits per heavy atom. The van der Waals surface area contributed by atoms with Crippen molar-refractivity contribution in [1.82, 2.24) is 4.98 Å². The van der Waals surface area contributed by atoms with Crippen LogP contribution in [0.3, 0.4) is 0 Å². The van der Waals surface area contributed by atoms with Gasteiger partial charge in [0.05, 0.1) is 9.67 Å². The van der Waals surface area contributed by atoms with Crippen LogP contribution >= 0.6 is 22.6 Å². The van der Waals surface area contributed by atoms with E-state index in [1.54, 1.807) is 0 Å². The van der Waals surface area contributed by atoms with Crippen molar-refractivity contribution < 1.29 is 4.74 Å². The standard InChI is InChI=1S/C10H13IN2O/c1-13(2)10-5-9(8(11)6-12-10)14-7-3-4-7/h5-7H,3-4H2,1-2H3. The van der Waals surface area contributed by atoms with Crippen molar-refractivity contribution in [3.05, 3.63) is 15.8 Å². The quantitative estimate of drug-likeness (QED) is 0.801. The highest BCUT2D eigenvalue weighted by Gasteiger charge is 2.24. The van der Waals surface area contributed by atoms with Gasteiger partial charge in [-0.15, -0.1) is 0 Å². The topological polar surface area (TPSA) is 25.4 Å². The molecule has 0 radical (unpaired) electrons. The molecule has 0 aliphatic heterocycles. The fourth-order valence-corrected chi connectivity index (χ4v) is 1.53. The minimum atomic E-state index is 0.445. The molecule has 1 fully saturated rings. The third kappa shape index (κ3) is 2.29. The number of anilines is 1. The Hall–Kier alpha value is -0.520. The lowest BCUT2D eigenvalue weighted by Gasteiger charge is -2.13. The van der Waals surface area contributed by atoms with E-state index in [9.17, 15) is 0 Å². The number of nitrogens with zero attached hydrogens (tertiary/aromatic N) is 2. The van der Waals surface area contributed by atoms with Crippen LogP contribution in [0.4, 0.5) is 5.82 Å². The Balaban J connectivity index is 2.21. The van der Waals surface area contributed by atoms with Gasteiger partial charge in [0.2, 0.25) is 0 Å². The molecule has 4 heteroatoms. The lowest BCUT2D eigenvalue weighted by atomic mass is 10.4. The molecule has 1 saturated carbocycles. The summed E-state index contributed by atoms with van der Waals surface area (Å²) in [5.41, 5.74) is 0. The number of halogens is 1. The molecule has 0 N–H and O–H groups in total. The van der Waals surface area contributed by atoms with E-state index in [2.05, 4.69) is 27.6 Å². The first-order valence-electron chi connectivity index (χ1n) is 4.66. The van der Waals surface area contributed by atoms with Crippen molar-refractivity contribution in [2.45, 2.75) is 18.9 Å². The molecule has 2 rings (SSSR count). The Morgan fingerprint density at radius 1 is 1.50 bits per heavy atom. The molecular formula is C10H13IN2O. The molecule has 0 bridgehead atoms. The van der Waals surface area contributed by atoms with Gasteiger partial charge in [-0.2, -0.15) is 0 Å². The van der Waals surface area contributed by atoms with Crippen LogP contribution in [0.15, 0.2) is 12.3 Å². The Bertz CT molecular complexity index is 337. The third-order valence-corrected chi connectivity index (χ3v) is 2.89. The number of hydrogen-bond acceptors (Lipinski definition) is 3. The predicted molar refractivity (Wildman–Crippen MR) is 64.9 cm³/mol. The second kappa shape index (κ2) is 3.92. The summed E-state index contributed by atoms with van der Waals surface area (Å²) < 4.78 is 6.86. The summed E-state index contributed by atoms with van der Waals surface area (Å²) in [6, 6.07) is 2.00. The van der Waals surface area contributed by atoms with Gasteiger partial charge in [0.1, 0.15) is 11.6 Å². The van der Waals surface area contributed by atoms with Gasteiger partial charge in [0.15, 0.2) is 0 Å². The maximum absolute atomic E-state index is 5.77. The summed E-state index contributed by atoms with van der Waals surface area (Å²) in [5, 5.41) is 0. The predicted octanol–water partition coefficient (Wildman–Crippen LogP) is 2.29. The zero-order chi connectivity index (χ0) is 10.1. The highest BCUT2D eigenvalue weighted by molar-refractivity contribution is 14.1. The van der Waals surface area contributed by atoms with Gasteiger partial charge in [0, 0.05) is 26.4 Å². The molecule has 0 spiro atoms. The van der Waals surface area contributed by atoms with E-state index >= 15 is 0 Å². The summed E-state index contributed by atoms with van der Waals surface area (Å²) in [6.07, 6.45) is 4.68. The van der Waals surface area contributed by atoms with E-state index in [0.717, 1.165) is 15.1 Å². The Kier molecular flexibility index (Phi) is 2.80. The Labute approximate surface area is 97.6 Å². The normalized spacial score (nSPS) is 15.4. The number of hydrogen-bond donors (Lipinski definition) is 0. The molecule has 76 valence electrons. The molecule has 1 aliphatic carbocycles.